The summed E-state index contributed by atoms with van der Waals surface area (Å²) in [6.07, 6.45) is 1.35. The molecule has 1 amide bonds. The van der Waals surface area contributed by atoms with Gasteiger partial charge in [-0.2, -0.15) is 0 Å². The molecular weight excluding hydrogens is 257 g/mol. The van der Waals surface area contributed by atoms with Crippen LogP contribution in [0.5, 0.6) is 0 Å². The van der Waals surface area contributed by atoms with Gasteiger partial charge in [-0.25, -0.2) is 4.39 Å². The summed E-state index contributed by atoms with van der Waals surface area (Å²) in [5.74, 6) is -0.590. The lowest BCUT2D eigenvalue weighted by molar-refractivity contribution is 0.0784. The maximum Gasteiger partial charge on any atom is 0.258 e. The van der Waals surface area contributed by atoms with Crippen LogP contribution in [0, 0.1) is 5.82 Å². The Hall–Kier alpha value is -1.81. The Balaban J connectivity index is 2.11. The normalized spacial score (nSPS) is 10.4. The van der Waals surface area contributed by atoms with Crippen molar-refractivity contribution in [3.8, 4) is 0 Å². The number of furan rings is 1. The van der Waals surface area contributed by atoms with Gasteiger partial charge in [0.25, 0.3) is 5.91 Å². The number of rotatable bonds is 3. The maximum absolute atomic E-state index is 13.0. The molecule has 0 N–H and O–H groups in total. The molecule has 0 saturated carbocycles. The minimum absolute atomic E-state index is 0.0612. The third kappa shape index (κ3) is 2.71. The first-order chi connectivity index (χ1) is 8.58. The number of carbonyl (C=O) groups is 1. The highest BCUT2D eigenvalue weighted by molar-refractivity contribution is 6.32. The molecular formula is C13H11ClFNO2. The van der Waals surface area contributed by atoms with E-state index in [0.29, 0.717) is 17.7 Å². The van der Waals surface area contributed by atoms with Crippen molar-refractivity contribution in [1.82, 2.24) is 4.90 Å². The monoisotopic (exact) mass is 267 g/mol. The van der Waals surface area contributed by atoms with E-state index in [1.165, 1.54) is 29.4 Å². The number of carbonyl (C=O) groups excluding carboxylic acids is 1. The van der Waals surface area contributed by atoms with Crippen molar-refractivity contribution in [2.24, 2.45) is 0 Å². The lowest BCUT2D eigenvalue weighted by Gasteiger charge is -2.16. The fourth-order valence-corrected chi connectivity index (χ4v) is 1.83. The first-order valence-electron chi connectivity index (χ1n) is 5.31. The van der Waals surface area contributed by atoms with Crippen LogP contribution in [-0.4, -0.2) is 17.9 Å². The van der Waals surface area contributed by atoms with Crippen molar-refractivity contribution in [3.05, 3.63) is 58.8 Å². The van der Waals surface area contributed by atoms with Gasteiger partial charge in [-0.15, -0.1) is 0 Å². The van der Waals surface area contributed by atoms with Gasteiger partial charge in [0, 0.05) is 13.6 Å². The molecule has 1 aromatic carbocycles. The van der Waals surface area contributed by atoms with Gasteiger partial charge in [0.15, 0.2) is 0 Å². The van der Waals surface area contributed by atoms with E-state index in [2.05, 4.69) is 0 Å². The summed E-state index contributed by atoms with van der Waals surface area (Å²) in [4.78, 5) is 13.5. The lowest BCUT2D eigenvalue weighted by Crippen LogP contribution is -2.26. The number of amides is 1. The largest absolute Gasteiger partial charge is 0.452 e. The Morgan fingerprint density at radius 1 is 1.44 bits per heavy atom. The Kier molecular flexibility index (Phi) is 3.67. The molecule has 94 valence electrons. The van der Waals surface area contributed by atoms with Crippen LogP contribution in [0.25, 0.3) is 0 Å². The van der Waals surface area contributed by atoms with E-state index in [1.54, 1.807) is 19.2 Å². The second-order valence-electron chi connectivity index (χ2n) is 3.90. The molecule has 2 rings (SSSR count). The van der Waals surface area contributed by atoms with Gasteiger partial charge in [-0.1, -0.05) is 12.1 Å². The number of nitrogens with zero attached hydrogens (tertiary/aromatic N) is 1. The molecule has 0 spiro atoms. The fourth-order valence-electron chi connectivity index (χ4n) is 1.63. The van der Waals surface area contributed by atoms with Gasteiger partial charge in [0.1, 0.15) is 5.82 Å². The highest BCUT2D eigenvalue weighted by atomic mass is 35.5. The molecule has 2 aromatic rings. The molecule has 0 aliphatic rings. The van der Waals surface area contributed by atoms with Crippen molar-refractivity contribution in [2.75, 3.05) is 7.05 Å². The van der Waals surface area contributed by atoms with E-state index in [-0.39, 0.29) is 16.9 Å². The quantitative estimate of drug-likeness (QED) is 0.854. The minimum atomic E-state index is -0.324. The molecule has 0 radical (unpaired) electrons. The van der Waals surface area contributed by atoms with Crippen LogP contribution < -0.4 is 0 Å². The Labute approximate surface area is 109 Å². The zero-order valence-electron chi connectivity index (χ0n) is 9.69. The van der Waals surface area contributed by atoms with Crippen molar-refractivity contribution in [1.29, 1.82) is 0 Å². The van der Waals surface area contributed by atoms with Crippen molar-refractivity contribution in [3.63, 3.8) is 0 Å². The third-order valence-corrected chi connectivity index (χ3v) is 2.80. The van der Waals surface area contributed by atoms with Crippen molar-refractivity contribution in [2.45, 2.75) is 6.54 Å². The smallest absolute Gasteiger partial charge is 0.258 e. The van der Waals surface area contributed by atoms with E-state index in [9.17, 15) is 9.18 Å². The first kappa shape index (κ1) is 12.6. The predicted molar refractivity (Wildman–Crippen MR) is 65.9 cm³/mol. The number of halogens is 2. The summed E-state index contributed by atoms with van der Waals surface area (Å²) in [6, 6.07) is 7.61. The van der Waals surface area contributed by atoms with Crippen LogP contribution in [-0.2, 0) is 6.54 Å². The predicted octanol–water partition coefficient (Wildman–Crippen LogP) is 3.34. The number of benzene rings is 1. The average Bonchev–Trinajstić information content (AvgIpc) is 2.74. The molecule has 0 unspecified atom stereocenters. The van der Waals surface area contributed by atoms with Gasteiger partial charge in [-0.05, 0) is 35.4 Å². The zero-order chi connectivity index (χ0) is 13.1. The number of hydrogen-bond acceptors (Lipinski definition) is 2. The van der Waals surface area contributed by atoms with Crippen LogP contribution in [0.15, 0.2) is 41.0 Å². The van der Waals surface area contributed by atoms with Crippen LogP contribution >= 0.6 is 11.6 Å². The molecule has 1 aromatic heterocycles. The molecule has 1 heterocycles. The van der Waals surface area contributed by atoms with Gasteiger partial charge in [0.05, 0.1) is 11.8 Å². The molecule has 3 nitrogen and oxygen atoms in total. The van der Waals surface area contributed by atoms with E-state index in [0.717, 1.165) is 0 Å². The van der Waals surface area contributed by atoms with Crippen LogP contribution in [0.1, 0.15) is 15.9 Å². The summed E-state index contributed by atoms with van der Waals surface area (Å²) in [5, 5.41) is 0.0612. The molecule has 0 fully saturated rings. The van der Waals surface area contributed by atoms with Gasteiger partial charge < -0.3 is 9.32 Å². The standard InChI is InChI=1S/C13H11ClFNO2/c1-16(8-9-3-2-4-10(15)7-9)13(17)11-5-6-18-12(11)14/h2-7H,8H2,1H3. The second kappa shape index (κ2) is 5.23. The number of hydrogen-bond donors (Lipinski definition) is 0. The Bertz CT molecular complexity index is 568. The van der Waals surface area contributed by atoms with Crippen LogP contribution in [0.3, 0.4) is 0 Å². The van der Waals surface area contributed by atoms with E-state index >= 15 is 0 Å². The summed E-state index contributed by atoms with van der Waals surface area (Å²) in [7, 11) is 1.62. The minimum Gasteiger partial charge on any atom is -0.452 e. The van der Waals surface area contributed by atoms with E-state index < -0.39 is 0 Å². The SMILES string of the molecule is CN(Cc1cccc(F)c1)C(=O)c1ccoc1Cl. The summed E-state index contributed by atoms with van der Waals surface area (Å²) in [6.45, 7) is 0.304. The topological polar surface area (TPSA) is 33.5 Å². The summed E-state index contributed by atoms with van der Waals surface area (Å²) in [5.41, 5.74) is 1.01. The summed E-state index contributed by atoms with van der Waals surface area (Å²) >= 11 is 5.73. The van der Waals surface area contributed by atoms with Crippen molar-refractivity contribution < 1.29 is 13.6 Å². The molecule has 18 heavy (non-hydrogen) atoms. The summed E-state index contributed by atoms with van der Waals surface area (Å²) < 4.78 is 17.9. The van der Waals surface area contributed by atoms with Gasteiger partial charge >= 0.3 is 0 Å². The van der Waals surface area contributed by atoms with Crippen LogP contribution in [0.2, 0.25) is 5.22 Å². The van der Waals surface area contributed by atoms with Crippen LogP contribution in [0.4, 0.5) is 4.39 Å². The van der Waals surface area contributed by atoms with Gasteiger partial charge in [-0.3, -0.25) is 4.79 Å². The van der Waals surface area contributed by atoms with Crippen molar-refractivity contribution >= 4 is 17.5 Å². The molecule has 0 atom stereocenters. The average molecular weight is 268 g/mol. The maximum atomic E-state index is 13.0. The third-order valence-electron chi connectivity index (χ3n) is 2.50. The molecule has 0 aliphatic heterocycles. The van der Waals surface area contributed by atoms with E-state index in [1.807, 2.05) is 0 Å². The highest BCUT2D eigenvalue weighted by Crippen LogP contribution is 2.19. The molecule has 0 aliphatic carbocycles. The molecule has 5 heteroatoms. The Morgan fingerprint density at radius 3 is 2.83 bits per heavy atom. The molecule has 0 saturated heterocycles. The second-order valence-corrected chi connectivity index (χ2v) is 4.24. The fraction of sp³-hybridized carbons (Fsp3) is 0.154. The highest BCUT2D eigenvalue weighted by Gasteiger charge is 2.17. The zero-order valence-corrected chi connectivity index (χ0v) is 10.4. The molecule has 0 bridgehead atoms. The Morgan fingerprint density at radius 2 is 2.22 bits per heavy atom. The first-order valence-corrected chi connectivity index (χ1v) is 5.68. The van der Waals surface area contributed by atoms with E-state index in [4.69, 9.17) is 16.0 Å². The lowest BCUT2D eigenvalue weighted by atomic mass is 10.2. The van der Waals surface area contributed by atoms with Gasteiger partial charge in [0.2, 0.25) is 5.22 Å².